The molecule has 0 radical (unpaired) electrons. The summed E-state index contributed by atoms with van der Waals surface area (Å²) in [6, 6.07) is 9.74. The third-order valence-electron chi connectivity index (χ3n) is 6.54. The van der Waals surface area contributed by atoms with Crippen molar-refractivity contribution >= 4 is 17.8 Å². The van der Waals surface area contributed by atoms with Gasteiger partial charge in [0.05, 0.1) is 0 Å². The molecule has 2 N–H and O–H groups in total. The van der Waals surface area contributed by atoms with Gasteiger partial charge >= 0.3 is 6.03 Å². The summed E-state index contributed by atoms with van der Waals surface area (Å²) in [5.41, 5.74) is 0.455. The lowest BCUT2D eigenvalue weighted by Gasteiger charge is -2.33. The predicted octanol–water partition coefficient (Wildman–Crippen LogP) is 2.34. The van der Waals surface area contributed by atoms with Crippen molar-refractivity contribution in [1.82, 2.24) is 15.5 Å². The number of rotatable bonds is 5. The molecule has 27 heavy (non-hydrogen) atoms. The number of nitrogens with zero attached hydrogens (tertiary/aromatic N) is 1. The number of amides is 4. The lowest BCUT2D eigenvalue weighted by molar-refractivity contribution is -0.136. The molecule has 6 nitrogen and oxygen atoms in total. The fourth-order valence-corrected chi connectivity index (χ4v) is 4.39. The molecular weight excluding hydrogens is 342 g/mol. The van der Waals surface area contributed by atoms with Crippen molar-refractivity contribution in [2.75, 3.05) is 13.1 Å². The second-order valence-corrected chi connectivity index (χ2v) is 8.51. The number of urea groups is 1. The van der Waals surface area contributed by atoms with Crippen LogP contribution < -0.4 is 10.6 Å². The van der Waals surface area contributed by atoms with Crippen molar-refractivity contribution in [3.8, 4) is 0 Å². The molecule has 3 fully saturated rings. The first-order valence-electron chi connectivity index (χ1n) is 9.91. The van der Waals surface area contributed by atoms with Crippen LogP contribution in [0, 0.1) is 5.92 Å². The molecular formula is C21H27N3O3. The van der Waals surface area contributed by atoms with Crippen molar-refractivity contribution in [2.45, 2.75) is 56.4 Å². The standard InChI is InChI=1S/C21H27N3O3/c1-15-7-9-21(10-8-15)18(26)24(19(27)23-21)13-17(25)22-14-20(11-12-20)16-5-3-2-4-6-16/h2-6,15H,7-14H2,1H3,(H,22,25)(H,23,27). The maximum Gasteiger partial charge on any atom is 0.325 e. The van der Waals surface area contributed by atoms with E-state index in [0.717, 1.165) is 30.6 Å². The van der Waals surface area contributed by atoms with E-state index in [1.165, 1.54) is 5.56 Å². The molecule has 1 saturated heterocycles. The van der Waals surface area contributed by atoms with Gasteiger partial charge in [-0.3, -0.25) is 14.5 Å². The molecule has 144 valence electrons. The van der Waals surface area contributed by atoms with Crippen LogP contribution in [0.3, 0.4) is 0 Å². The van der Waals surface area contributed by atoms with E-state index in [0.29, 0.717) is 25.3 Å². The van der Waals surface area contributed by atoms with Gasteiger partial charge in [-0.15, -0.1) is 0 Å². The molecule has 1 spiro atoms. The molecule has 0 atom stereocenters. The minimum absolute atomic E-state index is 0.00886. The van der Waals surface area contributed by atoms with Crippen molar-refractivity contribution in [2.24, 2.45) is 5.92 Å². The van der Waals surface area contributed by atoms with E-state index in [-0.39, 0.29) is 23.8 Å². The molecule has 4 amide bonds. The van der Waals surface area contributed by atoms with Gasteiger partial charge in [-0.2, -0.15) is 0 Å². The van der Waals surface area contributed by atoms with Crippen LogP contribution >= 0.6 is 0 Å². The smallest absolute Gasteiger partial charge is 0.325 e. The molecule has 0 aromatic heterocycles. The highest BCUT2D eigenvalue weighted by Gasteiger charge is 2.52. The minimum Gasteiger partial charge on any atom is -0.354 e. The average Bonchev–Trinajstić information content (AvgIpc) is 3.44. The van der Waals surface area contributed by atoms with Crippen LogP contribution in [0.15, 0.2) is 30.3 Å². The average molecular weight is 369 g/mol. The van der Waals surface area contributed by atoms with Crippen LogP contribution in [0.1, 0.15) is 51.0 Å². The first-order valence-corrected chi connectivity index (χ1v) is 9.91. The van der Waals surface area contributed by atoms with E-state index < -0.39 is 11.6 Å². The second kappa shape index (κ2) is 6.66. The summed E-state index contributed by atoms with van der Waals surface area (Å²) in [5.74, 6) is 0.0612. The van der Waals surface area contributed by atoms with Crippen LogP contribution in [-0.4, -0.2) is 41.4 Å². The van der Waals surface area contributed by atoms with Gasteiger partial charge in [0.2, 0.25) is 5.91 Å². The summed E-state index contributed by atoms with van der Waals surface area (Å²) in [4.78, 5) is 38.7. The van der Waals surface area contributed by atoms with Crippen molar-refractivity contribution < 1.29 is 14.4 Å². The van der Waals surface area contributed by atoms with Gasteiger partial charge in [-0.05, 0) is 50.0 Å². The summed E-state index contributed by atoms with van der Waals surface area (Å²) in [7, 11) is 0. The molecule has 0 bridgehead atoms. The highest BCUT2D eigenvalue weighted by atomic mass is 16.2. The number of carbonyl (C=O) groups excluding carboxylic acids is 3. The van der Waals surface area contributed by atoms with Gasteiger partial charge in [-0.25, -0.2) is 4.79 Å². The zero-order chi connectivity index (χ0) is 19.1. The normalized spacial score (nSPS) is 28.9. The Balaban J connectivity index is 1.35. The van der Waals surface area contributed by atoms with E-state index in [1.807, 2.05) is 18.2 Å². The molecule has 3 aliphatic rings. The highest BCUT2D eigenvalue weighted by Crippen LogP contribution is 2.47. The first-order chi connectivity index (χ1) is 12.9. The number of imide groups is 1. The first kappa shape index (κ1) is 18.0. The van der Waals surface area contributed by atoms with Gasteiger partial charge < -0.3 is 10.6 Å². The number of carbonyl (C=O) groups is 3. The SMILES string of the molecule is CC1CCC2(CC1)NC(=O)N(CC(=O)NCC1(c3ccccc3)CC1)C2=O. The Hall–Kier alpha value is -2.37. The molecule has 1 aromatic rings. The van der Waals surface area contributed by atoms with Crippen molar-refractivity contribution in [3.63, 3.8) is 0 Å². The molecule has 1 heterocycles. The van der Waals surface area contributed by atoms with Crippen molar-refractivity contribution in [3.05, 3.63) is 35.9 Å². The van der Waals surface area contributed by atoms with Crippen LogP contribution in [0.5, 0.6) is 0 Å². The number of hydrogen-bond donors (Lipinski definition) is 2. The monoisotopic (exact) mass is 369 g/mol. The summed E-state index contributed by atoms with van der Waals surface area (Å²) in [5, 5.41) is 5.80. The number of benzene rings is 1. The Morgan fingerprint density at radius 3 is 2.44 bits per heavy atom. The summed E-state index contributed by atoms with van der Waals surface area (Å²) < 4.78 is 0. The Morgan fingerprint density at radius 1 is 1.15 bits per heavy atom. The Morgan fingerprint density at radius 2 is 1.81 bits per heavy atom. The molecule has 4 rings (SSSR count). The zero-order valence-corrected chi connectivity index (χ0v) is 15.8. The molecule has 0 unspecified atom stereocenters. The topological polar surface area (TPSA) is 78.5 Å². The van der Waals surface area contributed by atoms with Gasteiger partial charge in [0.25, 0.3) is 5.91 Å². The molecule has 1 aliphatic heterocycles. The zero-order valence-electron chi connectivity index (χ0n) is 15.8. The summed E-state index contributed by atoms with van der Waals surface area (Å²) in [6.07, 6.45) is 5.25. The number of hydrogen-bond acceptors (Lipinski definition) is 3. The third-order valence-corrected chi connectivity index (χ3v) is 6.54. The predicted molar refractivity (Wildman–Crippen MR) is 101 cm³/mol. The fourth-order valence-electron chi connectivity index (χ4n) is 4.39. The maximum atomic E-state index is 12.8. The summed E-state index contributed by atoms with van der Waals surface area (Å²) >= 11 is 0. The molecule has 6 heteroatoms. The highest BCUT2D eigenvalue weighted by molar-refractivity contribution is 6.09. The van der Waals surface area contributed by atoms with E-state index in [9.17, 15) is 14.4 Å². The lowest BCUT2D eigenvalue weighted by Crippen LogP contribution is -2.50. The third kappa shape index (κ3) is 3.33. The van der Waals surface area contributed by atoms with Crippen LogP contribution in [0.4, 0.5) is 4.79 Å². The van der Waals surface area contributed by atoms with Crippen LogP contribution in [0.25, 0.3) is 0 Å². The Kier molecular flexibility index (Phi) is 4.44. The molecule has 2 saturated carbocycles. The second-order valence-electron chi connectivity index (χ2n) is 8.51. The van der Waals surface area contributed by atoms with Gasteiger partial charge in [0, 0.05) is 12.0 Å². The minimum atomic E-state index is -0.786. The number of nitrogens with one attached hydrogen (secondary N) is 2. The Bertz CT molecular complexity index is 749. The van der Waals surface area contributed by atoms with Gasteiger partial charge in [0.15, 0.2) is 0 Å². The molecule has 1 aromatic carbocycles. The fraction of sp³-hybridized carbons (Fsp3) is 0.571. The molecule has 2 aliphatic carbocycles. The van der Waals surface area contributed by atoms with Crippen molar-refractivity contribution in [1.29, 1.82) is 0 Å². The largest absolute Gasteiger partial charge is 0.354 e. The quantitative estimate of drug-likeness (QED) is 0.782. The van der Waals surface area contributed by atoms with E-state index in [2.05, 4.69) is 29.7 Å². The summed E-state index contributed by atoms with van der Waals surface area (Å²) in [6.45, 7) is 2.51. The van der Waals surface area contributed by atoms with Gasteiger partial charge in [-0.1, -0.05) is 37.3 Å². The van der Waals surface area contributed by atoms with Gasteiger partial charge in [0.1, 0.15) is 12.1 Å². The Labute approximate surface area is 159 Å². The van der Waals surface area contributed by atoms with Crippen LogP contribution in [-0.2, 0) is 15.0 Å². The maximum absolute atomic E-state index is 12.8. The van der Waals surface area contributed by atoms with E-state index in [4.69, 9.17) is 0 Å². The van der Waals surface area contributed by atoms with E-state index in [1.54, 1.807) is 0 Å². The lowest BCUT2D eigenvalue weighted by atomic mass is 9.77. The van der Waals surface area contributed by atoms with Crippen LogP contribution in [0.2, 0.25) is 0 Å². The van der Waals surface area contributed by atoms with E-state index >= 15 is 0 Å².